The van der Waals surface area contributed by atoms with Crippen LogP contribution < -0.4 is 0 Å². The van der Waals surface area contributed by atoms with Crippen LogP contribution in [0.1, 0.15) is 38.6 Å². The van der Waals surface area contributed by atoms with E-state index in [1.54, 1.807) is 11.3 Å². The Morgan fingerprint density at radius 3 is 2.82 bits per heavy atom. The van der Waals surface area contributed by atoms with E-state index in [1.165, 1.54) is 30.6 Å². The van der Waals surface area contributed by atoms with Gasteiger partial charge in [0.15, 0.2) is 0 Å². The van der Waals surface area contributed by atoms with Crippen molar-refractivity contribution in [2.45, 2.75) is 38.6 Å². The number of hydrogen-bond acceptors (Lipinski definition) is 2. The molecule has 0 N–H and O–H groups in total. The van der Waals surface area contributed by atoms with Gasteiger partial charge in [-0.1, -0.05) is 13.0 Å². The highest BCUT2D eigenvalue weighted by molar-refractivity contribution is 7.13. The van der Waals surface area contributed by atoms with Crippen LogP contribution in [-0.4, -0.2) is 9.55 Å². The topological polar surface area (TPSA) is 17.8 Å². The number of imidazole rings is 1. The van der Waals surface area contributed by atoms with Gasteiger partial charge in [0.25, 0.3) is 0 Å². The highest BCUT2D eigenvalue weighted by Crippen LogP contribution is 2.35. The van der Waals surface area contributed by atoms with Crippen LogP contribution in [0.15, 0.2) is 29.9 Å². The van der Waals surface area contributed by atoms with E-state index in [1.807, 2.05) is 6.20 Å². The Morgan fingerprint density at radius 1 is 1.29 bits per heavy atom. The Balaban J connectivity index is 1.86. The number of rotatable bonds is 2. The minimum atomic E-state index is 0.658. The van der Waals surface area contributed by atoms with Gasteiger partial charge in [-0.25, -0.2) is 4.98 Å². The molecule has 0 aromatic carbocycles. The highest BCUT2D eigenvalue weighted by Gasteiger charge is 2.21. The summed E-state index contributed by atoms with van der Waals surface area (Å²) >= 11 is 1.78. The molecule has 0 aliphatic heterocycles. The Hall–Kier alpha value is -1.09. The van der Waals surface area contributed by atoms with Crippen molar-refractivity contribution < 1.29 is 0 Å². The minimum Gasteiger partial charge on any atom is -0.327 e. The summed E-state index contributed by atoms with van der Waals surface area (Å²) in [5.74, 6) is 2.06. The SMILES string of the molecule is CC1CCC(n2ccnc2-c2cccs2)CC1. The van der Waals surface area contributed by atoms with Crippen molar-refractivity contribution in [3.8, 4) is 10.7 Å². The zero-order valence-electron chi connectivity index (χ0n) is 10.2. The van der Waals surface area contributed by atoms with Crippen molar-refractivity contribution in [3.05, 3.63) is 29.9 Å². The largest absolute Gasteiger partial charge is 0.327 e. The molecule has 1 saturated carbocycles. The molecule has 0 atom stereocenters. The quantitative estimate of drug-likeness (QED) is 0.769. The number of hydrogen-bond donors (Lipinski definition) is 0. The van der Waals surface area contributed by atoms with E-state index < -0.39 is 0 Å². The molecule has 1 aliphatic rings. The van der Waals surface area contributed by atoms with E-state index in [2.05, 4.69) is 40.2 Å². The molecule has 2 nitrogen and oxygen atoms in total. The molecule has 2 aromatic rings. The molecule has 0 saturated heterocycles. The summed E-state index contributed by atoms with van der Waals surface area (Å²) < 4.78 is 2.39. The van der Waals surface area contributed by atoms with E-state index in [4.69, 9.17) is 0 Å². The summed E-state index contributed by atoms with van der Waals surface area (Å²) in [6.07, 6.45) is 9.40. The third kappa shape index (κ3) is 2.16. The first-order valence-electron chi connectivity index (χ1n) is 6.41. The van der Waals surface area contributed by atoms with Crippen LogP contribution in [0.25, 0.3) is 10.7 Å². The first kappa shape index (κ1) is 11.0. The molecule has 2 aromatic heterocycles. The average Bonchev–Trinajstić information content (AvgIpc) is 3.00. The van der Waals surface area contributed by atoms with Gasteiger partial charge < -0.3 is 4.57 Å². The third-order valence-electron chi connectivity index (χ3n) is 3.79. The number of nitrogens with zero attached hydrogens (tertiary/aromatic N) is 2. The van der Waals surface area contributed by atoms with E-state index >= 15 is 0 Å². The van der Waals surface area contributed by atoms with Crippen LogP contribution in [0.2, 0.25) is 0 Å². The van der Waals surface area contributed by atoms with Crippen molar-refractivity contribution in [1.82, 2.24) is 9.55 Å². The lowest BCUT2D eigenvalue weighted by molar-refractivity contribution is 0.291. The Labute approximate surface area is 106 Å². The summed E-state index contributed by atoms with van der Waals surface area (Å²) in [4.78, 5) is 5.81. The normalized spacial score (nSPS) is 25.0. The van der Waals surface area contributed by atoms with Crippen LogP contribution in [-0.2, 0) is 0 Å². The van der Waals surface area contributed by atoms with Gasteiger partial charge in [0, 0.05) is 18.4 Å². The number of thiophene rings is 1. The van der Waals surface area contributed by atoms with Crippen LogP contribution >= 0.6 is 11.3 Å². The van der Waals surface area contributed by atoms with Crippen LogP contribution in [0.5, 0.6) is 0 Å². The first-order chi connectivity index (χ1) is 8.34. The molecule has 0 radical (unpaired) electrons. The monoisotopic (exact) mass is 246 g/mol. The van der Waals surface area contributed by atoms with Gasteiger partial charge in [-0.15, -0.1) is 11.3 Å². The fourth-order valence-electron chi connectivity index (χ4n) is 2.72. The molecule has 3 rings (SSSR count). The average molecular weight is 246 g/mol. The molecule has 1 aliphatic carbocycles. The van der Waals surface area contributed by atoms with Gasteiger partial charge in [-0.05, 0) is 43.0 Å². The summed E-state index contributed by atoms with van der Waals surface area (Å²) in [6, 6.07) is 4.92. The Morgan fingerprint density at radius 2 is 2.12 bits per heavy atom. The van der Waals surface area contributed by atoms with Crippen LogP contribution in [0.3, 0.4) is 0 Å². The van der Waals surface area contributed by atoms with E-state index in [-0.39, 0.29) is 0 Å². The van der Waals surface area contributed by atoms with Crippen molar-refractivity contribution in [2.24, 2.45) is 5.92 Å². The standard InChI is InChI=1S/C14H18N2S/c1-11-4-6-12(7-5-11)16-9-8-15-14(16)13-3-2-10-17-13/h2-3,8-12H,4-7H2,1H3. The third-order valence-corrected chi connectivity index (χ3v) is 4.65. The molecule has 17 heavy (non-hydrogen) atoms. The van der Waals surface area contributed by atoms with E-state index in [0.717, 1.165) is 11.7 Å². The lowest BCUT2D eigenvalue weighted by Crippen LogP contribution is -2.16. The van der Waals surface area contributed by atoms with Crippen molar-refractivity contribution >= 4 is 11.3 Å². The van der Waals surface area contributed by atoms with Crippen molar-refractivity contribution in [1.29, 1.82) is 0 Å². The van der Waals surface area contributed by atoms with Gasteiger partial charge in [-0.3, -0.25) is 0 Å². The highest BCUT2D eigenvalue weighted by atomic mass is 32.1. The summed E-state index contributed by atoms with van der Waals surface area (Å²) in [5, 5.41) is 2.12. The summed E-state index contributed by atoms with van der Waals surface area (Å²) in [5.41, 5.74) is 0. The molecule has 3 heteroatoms. The maximum Gasteiger partial charge on any atom is 0.150 e. The second kappa shape index (κ2) is 4.65. The van der Waals surface area contributed by atoms with Crippen molar-refractivity contribution in [3.63, 3.8) is 0 Å². The summed E-state index contributed by atoms with van der Waals surface area (Å²) in [7, 11) is 0. The molecule has 1 fully saturated rings. The maximum atomic E-state index is 4.53. The second-order valence-electron chi connectivity index (χ2n) is 5.05. The van der Waals surface area contributed by atoms with Crippen LogP contribution in [0.4, 0.5) is 0 Å². The van der Waals surface area contributed by atoms with Gasteiger partial charge >= 0.3 is 0 Å². The predicted molar refractivity (Wildman–Crippen MR) is 72.2 cm³/mol. The van der Waals surface area contributed by atoms with E-state index in [0.29, 0.717) is 6.04 Å². The lowest BCUT2D eigenvalue weighted by atomic mass is 9.87. The van der Waals surface area contributed by atoms with E-state index in [9.17, 15) is 0 Å². The molecule has 90 valence electrons. The predicted octanol–water partition coefficient (Wildman–Crippen LogP) is 4.36. The maximum absolute atomic E-state index is 4.53. The Kier molecular flexibility index (Phi) is 3.02. The first-order valence-corrected chi connectivity index (χ1v) is 7.29. The summed E-state index contributed by atoms with van der Waals surface area (Å²) in [6.45, 7) is 2.37. The van der Waals surface area contributed by atoms with Crippen molar-refractivity contribution in [2.75, 3.05) is 0 Å². The zero-order chi connectivity index (χ0) is 11.7. The van der Waals surface area contributed by atoms with Gasteiger partial charge in [0.1, 0.15) is 5.82 Å². The Bertz CT molecular complexity index is 464. The zero-order valence-corrected chi connectivity index (χ0v) is 11.0. The molecule has 2 heterocycles. The fraction of sp³-hybridized carbons (Fsp3) is 0.500. The fourth-order valence-corrected chi connectivity index (χ4v) is 3.45. The second-order valence-corrected chi connectivity index (χ2v) is 6.00. The molecule has 0 amide bonds. The molecule has 0 spiro atoms. The molecule has 0 bridgehead atoms. The van der Waals surface area contributed by atoms with Gasteiger partial charge in [0.05, 0.1) is 4.88 Å². The lowest BCUT2D eigenvalue weighted by Gasteiger charge is -2.28. The molecular weight excluding hydrogens is 228 g/mol. The smallest absolute Gasteiger partial charge is 0.150 e. The van der Waals surface area contributed by atoms with Crippen LogP contribution in [0, 0.1) is 5.92 Å². The van der Waals surface area contributed by atoms with Gasteiger partial charge in [-0.2, -0.15) is 0 Å². The van der Waals surface area contributed by atoms with Gasteiger partial charge in [0.2, 0.25) is 0 Å². The molecule has 0 unspecified atom stereocenters. The number of aromatic nitrogens is 2. The molecular formula is C14H18N2S. The minimum absolute atomic E-state index is 0.658.